The number of nitrogens with one attached hydrogen (secondary N) is 2. The predicted octanol–water partition coefficient (Wildman–Crippen LogP) is 1.03. The zero-order valence-corrected chi connectivity index (χ0v) is 14.0. The highest BCUT2D eigenvalue weighted by Crippen LogP contribution is 2.40. The first-order chi connectivity index (χ1) is 11.4. The fraction of sp³-hybridized carbons (Fsp3) is 0.600. The van der Waals surface area contributed by atoms with Crippen LogP contribution in [0, 0.1) is 15.5 Å². The van der Waals surface area contributed by atoms with Crippen molar-refractivity contribution in [1.82, 2.24) is 10.0 Å². The Morgan fingerprint density at radius 1 is 1.29 bits per heavy atom. The lowest BCUT2D eigenvalue weighted by Gasteiger charge is -2.32. The Balaban J connectivity index is 1.58. The summed E-state index contributed by atoms with van der Waals surface area (Å²) in [5.74, 6) is 0. The van der Waals surface area contributed by atoms with Gasteiger partial charge in [0, 0.05) is 18.7 Å². The Hall–Kier alpha value is -1.55. The van der Waals surface area contributed by atoms with Crippen molar-refractivity contribution in [2.24, 2.45) is 5.41 Å². The number of nitrogens with zero attached hydrogens (tertiary/aromatic N) is 1. The number of piperidine rings is 1. The number of benzene rings is 1. The molecule has 1 spiro atoms. The molecular weight excluding hydrogens is 334 g/mol. The molecule has 0 aliphatic carbocycles. The standard InChI is InChI=1S/C15H21N3O5S/c19-18(20)12-1-3-14(4-2-12)24(21,22)17-10-13-9-15(11-23-13)5-7-16-8-6-15/h1-4,13,16-17H,5-11H2. The van der Waals surface area contributed by atoms with Crippen LogP contribution in [-0.4, -0.2) is 45.7 Å². The van der Waals surface area contributed by atoms with Gasteiger partial charge in [0.15, 0.2) is 0 Å². The maximum atomic E-state index is 12.3. The number of ether oxygens (including phenoxy) is 1. The molecule has 1 unspecified atom stereocenters. The molecular formula is C15H21N3O5S. The van der Waals surface area contributed by atoms with Crippen molar-refractivity contribution in [1.29, 1.82) is 0 Å². The minimum atomic E-state index is -3.70. The van der Waals surface area contributed by atoms with Crippen molar-refractivity contribution >= 4 is 15.7 Å². The Labute approximate surface area is 140 Å². The zero-order valence-electron chi connectivity index (χ0n) is 13.2. The van der Waals surface area contributed by atoms with E-state index in [1.165, 1.54) is 24.3 Å². The number of sulfonamides is 1. The zero-order chi connectivity index (χ0) is 17.2. The van der Waals surface area contributed by atoms with Crippen LogP contribution in [0.4, 0.5) is 5.69 Å². The summed E-state index contributed by atoms with van der Waals surface area (Å²) in [6, 6.07) is 4.85. The van der Waals surface area contributed by atoms with Gasteiger partial charge in [0.1, 0.15) is 0 Å². The highest BCUT2D eigenvalue weighted by molar-refractivity contribution is 7.89. The molecule has 1 atom stereocenters. The number of non-ortho nitro benzene ring substituents is 1. The summed E-state index contributed by atoms with van der Waals surface area (Å²) in [5, 5.41) is 14.0. The number of rotatable bonds is 5. The molecule has 2 aliphatic rings. The van der Waals surface area contributed by atoms with Gasteiger partial charge in [0.2, 0.25) is 10.0 Å². The molecule has 132 valence electrons. The van der Waals surface area contributed by atoms with E-state index in [0.29, 0.717) is 6.61 Å². The summed E-state index contributed by atoms with van der Waals surface area (Å²) in [5.41, 5.74) is 0.0373. The lowest BCUT2D eigenvalue weighted by Crippen LogP contribution is -2.38. The SMILES string of the molecule is O=[N+]([O-])c1ccc(S(=O)(=O)NCC2CC3(CCNCC3)CO2)cc1. The summed E-state index contributed by atoms with van der Waals surface area (Å²) < 4.78 is 32.9. The van der Waals surface area contributed by atoms with Crippen LogP contribution in [0.5, 0.6) is 0 Å². The molecule has 0 aromatic heterocycles. The Morgan fingerprint density at radius 2 is 1.96 bits per heavy atom. The molecule has 0 bridgehead atoms. The van der Waals surface area contributed by atoms with Crippen LogP contribution in [-0.2, 0) is 14.8 Å². The second-order valence-corrected chi connectivity index (χ2v) is 8.26. The molecule has 0 radical (unpaired) electrons. The topological polar surface area (TPSA) is 111 Å². The molecule has 2 saturated heterocycles. The third-order valence-electron chi connectivity index (χ3n) is 4.81. The van der Waals surface area contributed by atoms with Crippen molar-refractivity contribution in [2.75, 3.05) is 26.2 Å². The second-order valence-electron chi connectivity index (χ2n) is 6.49. The number of nitro benzene ring substituents is 1. The van der Waals surface area contributed by atoms with Crippen molar-refractivity contribution in [3.63, 3.8) is 0 Å². The summed E-state index contributed by atoms with van der Waals surface area (Å²) in [6.45, 7) is 2.85. The minimum absolute atomic E-state index is 0.0164. The lowest BCUT2D eigenvalue weighted by atomic mass is 9.77. The van der Waals surface area contributed by atoms with Gasteiger partial charge < -0.3 is 10.1 Å². The first-order valence-corrected chi connectivity index (χ1v) is 9.45. The molecule has 8 nitrogen and oxygen atoms in total. The average molecular weight is 355 g/mol. The van der Waals surface area contributed by atoms with Crippen molar-refractivity contribution < 1.29 is 18.1 Å². The lowest BCUT2D eigenvalue weighted by molar-refractivity contribution is -0.384. The Kier molecular flexibility index (Phi) is 4.86. The van der Waals surface area contributed by atoms with Gasteiger partial charge in [-0.25, -0.2) is 13.1 Å². The molecule has 0 amide bonds. The summed E-state index contributed by atoms with van der Waals surface area (Å²) >= 11 is 0. The molecule has 2 heterocycles. The van der Waals surface area contributed by atoms with E-state index in [2.05, 4.69) is 10.0 Å². The number of hydrogen-bond donors (Lipinski definition) is 2. The molecule has 2 aliphatic heterocycles. The minimum Gasteiger partial charge on any atom is -0.376 e. The average Bonchev–Trinajstić information content (AvgIpc) is 2.96. The van der Waals surface area contributed by atoms with E-state index in [0.717, 1.165) is 32.4 Å². The Morgan fingerprint density at radius 3 is 2.58 bits per heavy atom. The summed E-state index contributed by atoms with van der Waals surface area (Å²) in [6.07, 6.45) is 2.84. The Bertz CT molecular complexity index is 698. The monoisotopic (exact) mass is 355 g/mol. The smallest absolute Gasteiger partial charge is 0.269 e. The van der Waals surface area contributed by atoms with Crippen LogP contribution in [0.25, 0.3) is 0 Å². The molecule has 9 heteroatoms. The van der Waals surface area contributed by atoms with Crippen molar-refractivity contribution in [3.05, 3.63) is 34.4 Å². The molecule has 1 aromatic carbocycles. The summed E-state index contributed by atoms with van der Waals surface area (Å²) in [4.78, 5) is 10.1. The van der Waals surface area contributed by atoms with Gasteiger partial charge in [-0.3, -0.25) is 10.1 Å². The van der Waals surface area contributed by atoms with Gasteiger partial charge in [-0.2, -0.15) is 0 Å². The van der Waals surface area contributed by atoms with Gasteiger partial charge in [-0.15, -0.1) is 0 Å². The van der Waals surface area contributed by atoms with E-state index < -0.39 is 14.9 Å². The first kappa shape index (κ1) is 17.3. The predicted molar refractivity (Wildman–Crippen MR) is 87.2 cm³/mol. The van der Waals surface area contributed by atoms with Gasteiger partial charge >= 0.3 is 0 Å². The molecule has 2 fully saturated rings. The quantitative estimate of drug-likeness (QED) is 0.603. The van der Waals surface area contributed by atoms with Gasteiger partial charge in [-0.05, 0) is 49.9 Å². The van der Waals surface area contributed by atoms with E-state index in [1.807, 2.05) is 0 Å². The number of nitro groups is 1. The van der Waals surface area contributed by atoms with Crippen LogP contribution in [0.3, 0.4) is 0 Å². The van der Waals surface area contributed by atoms with E-state index >= 15 is 0 Å². The largest absolute Gasteiger partial charge is 0.376 e. The first-order valence-electron chi connectivity index (χ1n) is 7.97. The molecule has 1 aromatic rings. The summed E-state index contributed by atoms with van der Waals surface area (Å²) in [7, 11) is -3.70. The molecule has 2 N–H and O–H groups in total. The highest BCUT2D eigenvalue weighted by Gasteiger charge is 2.41. The van der Waals surface area contributed by atoms with Crippen LogP contribution >= 0.6 is 0 Å². The molecule has 3 rings (SSSR count). The van der Waals surface area contributed by atoms with Crippen molar-refractivity contribution in [3.8, 4) is 0 Å². The van der Waals surface area contributed by atoms with Crippen LogP contribution in [0.1, 0.15) is 19.3 Å². The van der Waals surface area contributed by atoms with E-state index in [1.54, 1.807) is 0 Å². The fourth-order valence-electron chi connectivity index (χ4n) is 3.37. The van der Waals surface area contributed by atoms with Crippen LogP contribution in [0.15, 0.2) is 29.2 Å². The van der Waals surface area contributed by atoms with Crippen molar-refractivity contribution in [2.45, 2.75) is 30.3 Å². The van der Waals surface area contributed by atoms with Gasteiger partial charge in [0.25, 0.3) is 5.69 Å². The molecule has 0 saturated carbocycles. The maximum absolute atomic E-state index is 12.3. The second kappa shape index (κ2) is 6.75. The van der Waals surface area contributed by atoms with E-state index in [9.17, 15) is 18.5 Å². The molecule has 24 heavy (non-hydrogen) atoms. The maximum Gasteiger partial charge on any atom is 0.269 e. The third kappa shape index (κ3) is 3.75. The van der Waals surface area contributed by atoms with Gasteiger partial charge in [0.05, 0.1) is 22.5 Å². The van der Waals surface area contributed by atoms with Crippen LogP contribution < -0.4 is 10.0 Å². The van der Waals surface area contributed by atoms with Gasteiger partial charge in [-0.1, -0.05) is 0 Å². The van der Waals surface area contributed by atoms with E-state index in [-0.39, 0.29) is 28.6 Å². The van der Waals surface area contributed by atoms with Crippen LogP contribution in [0.2, 0.25) is 0 Å². The normalized spacial score (nSPS) is 23.4. The third-order valence-corrected chi connectivity index (χ3v) is 6.25. The highest BCUT2D eigenvalue weighted by atomic mass is 32.2. The van der Waals surface area contributed by atoms with E-state index in [4.69, 9.17) is 4.74 Å². The fourth-order valence-corrected chi connectivity index (χ4v) is 4.43. The number of hydrogen-bond acceptors (Lipinski definition) is 6.